The highest BCUT2D eigenvalue weighted by molar-refractivity contribution is 9.10. The van der Waals surface area contributed by atoms with Crippen molar-refractivity contribution in [3.05, 3.63) is 34.9 Å². The molecule has 0 spiro atoms. The van der Waals surface area contributed by atoms with E-state index in [0.29, 0.717) is 5.02 Å². The quantitative estimate of drug-likeness (QED) is 0.754. The summed E-state index contributed by atoms with van der Waals surface area (Å²) in [4.78, 5) is 13.8. The lowest BCUT2D eigenvalue weighted by molar-refractivity contribution is -0.131. The molecule has 1 rings (SSSR count). The van der Waals surface area contributed by atoms with Crippen molar-refractivity contribution >= 4 is 33.4 Å². The summed E-state index contributed by atoms with van der Waals surface area (Å²) in [5.41, 5.74) is 1.04. The summed E-state index contributed by atoms with van der Waals surface area (Å²) in [5, 5.41) is 0.694. The fourth-order valence-corrected chi connectivity index (χ4v) is 2.18. The average molecular weight is 333 g/mol. The number of hydrogen-bond acceptors (Lipinski definition) is 1. The maximum Gasteiger partial charge on any atom is 0.236 e. The number of alkyl halides is 1. The summed E-state index contributed by atoms with van der Waals surface area (Å²) >= 11 is 9.42. The first kappa shape index (κ1) is 15.5. The Morgan fingerprint density at radius 3 is 2.44 bits per heavy atom. The van der Waals surface area contributed by atoms with Crippen LogP contribution in [0.5, 0.6) is 0 Å². The molecule has 0 bridgehead atoms. The number of nitrogens with zero attached hydrogens (tertiary/aromatic N) is 1. The van der Waals surface area contributed by atoms with E-state index in [-0.39, 0.29) is 22.7 Å². The third-order valence-electron chi connectivity index (χ3n) is 3.08. The molecule has 0 radical (unpaired) electrons. The normalized spacial score (nSPS) is 14.4. The van der Waals surface area contributed by atoms with Gasteiger partial charge in [0.1, 0.15) is 0 Å². The lowest BCUT2D eigenvalue weighted by Gasteiger charge is -2.28. The molecule has 2 unspecified atom stereocenters. The zero-order valence-corrected chi connectivity index (χ0v) is 13.5. The lowest BCUT2D eigenvalue weighted by atomic mass is 10.1. The molecule has 0 fully saturated rings. The van der Waals surface area contributed by atoms with Crippen molar-refractivity contribution in [3.8, 4) is 0 Å². The molecule has 0 aliphatic rings. The van der Waals surface area contributed by atoms with Gasteiger partial charge in [-0.15, -0.1) is 0 Å². The van der Waals surface area contributed by atoms with Gasteiger partial charge in [0, 0.05) is 12.1 Å². The van der Waals surface area contributed by atoms with Gasteiger partial charge >= 0.3 is 0 Å². The van der Waals surface area contributed by atoms with E-state index in [9.17, 15) is 4.79 Å². The Balaban J connectivity index is 2.84. The highest BCUT2D eigenvalue weighted by Crippen LogP contribution is 2.24. The van der Waals surface area contributed by atoms with Crippen LogP contribution in [0.2, 0.25) is 5.02 Å². The summed E-state index contributed by atoms with van der Waals surface area (Å²) < 4.78 is 0. The molecule has 0 aliphatic carbocycles. The van der Waals surface area contributed by atoms with E-state index >= 15 is 0 Å². The maximum absolute atomic E-state index is 12.2. The van der Waals surface area contributed by atoms with Crippen LogP contribution in [0.4, 0.5) is 0 Å². The predicted molar refractivity (Wildman–Crippen MR) is 80.2 cm³/mol. The maximum atomic E-state index is 12.2. The molecule has 0 aromatic heterocycles. The number of amides is 1. The van der Waals surface area contributed by atoms with Crippen LogP contribution in [0.1, 0.15) is 32.4 Å². The first-order valence-corrected chi connectivity index (χ1v) is 7.30. The Hall–Kier alpha value is -0.540. The van der Waals surface area contributed by atoms with Gasteiger partial charge in [-0.1, -0.05) is 53.5 Å². The van der Waals surface area contributed by atoms with Crippen molar-refractivity contribution in [3.63, 3.8) is 0 Å². The van der Waals surface area contributed by atoms with Gasteiger partial charge in [-0.2, -0.15) is 0 Å². The lowest BCUT2D eigenvalue weighted by Crippen LogP contribution is -2.37. The minimum atomic E-state index is -0.149. The number of carbonyl (C=O) groups excluding carboxylic acids is 1. The fraction of sp³-hybridized carbons (Fsp3) is 0.500. The van der Waals surface area contributed by atoms with Crippen molar-refractivity contribution in [2.24, 2.45) is 5.92 Å². The molecule has 1 aromatic rings. The molecule has 0 heterocycles. The molecule has 4 heteroatoms. The molecular weight excluding hydrogens is 314 g/mol. The van der Waals surface area contributed by atoms with E-state index in [1.165, 1.54) is 0 Å². The van der Waals surface area contributed by atoms with Crippen molar-refractivity contribution in [2.75, 3.05) is 7.05 Å². The van der Waals surface area contributed by atoms with E-state index in [1.54, 1.807) is 4.90 Å². The topological polar surface area (TPSA) is 20.3 Å². The number of rotatable bonds is 4. The minimum absolute atomic E-state index is 0.00926. The molecule has 2 atom stereocenters. The Morgan fingerprint density at radius 2 is 1.94 bits per heavy atom. The largest absolute Gasteiger partial charge is 0.338 e. The van der Waals surface area contributed by atoms with Gasteiger partial charge in [0.2, 0.25) is 5.91 Å². The molecule has 2 nitrogen and oxygen atoms in total. The van der Waals surface area contributed by atoms with Crippen LogP contribution in [-0.4, -0.2) is 22.7 Å². The molecule has 0 saturated carbocycles. The van der Waals surface area contributed by atoms with Crippen LogP contribution in [0.25, 0.3) is 0 Å². The smallest absolute Gasteiger partial charge is 0.236 e. The van der Waals surface area contributed by atoms with E-state index in [1.807, 2.05) is 52.1 Å². The molecular formula is C14H19BrClNO. The summed E-state index contributed by atoms with van der Waals surface area (Å²) in [5.74, 6) is 0.365. The molecule has 1 amide bonds. The second-order valence-electron chi connectivity index (χ2n) is 4.83. The van der Waals surface area contributed by atoms with Gasteiger partial charge < -0.3 is 4.90 Å². The first-order valence-electron chi connectivity index (χ1n) is 6.00. The highest BCUT2D eigenvalue weighted by Gasteiger charge is 2.25. The zero-order chi connectivity index (χ0) is 13.9. The van der Waals surface area contributed by atoms with Gasteiger partial charge in [-0.3, -0.25) is 4.79 Å². The summed E-state index contributed by atoms with van der Waals surface area (Å²) in [6.45, 7) is 6.05. The Labute approximate surface area is 122 Å². The van der Waals surface area contributed by atoms with Crippen LogP contribution in [0, 0.1) is 5.92 Å². The van der Waals surface area contributed by atoms with Crippen LogP contribution < -0.4 is 0 Å². The number of carbonyl (C=O) groups is 1. The van der Waals surface area contributed by atoms with Crippen LogP contribution in [0.15, 0.2) is 24.3 Å². The summed E-state index contributed by atoms with van der Waals surface area (Å²) in [7, 11) is 1.82. The molecule has 0 saturated heterocycles. The van der Waals surface area contributed by atoms with Gasteiger partial charge in [-0.25, -0.2) is 0 Å². The molecule has 0 aliphatic heterocycles. The van der Waals surface area contributed by atoms with Crippen molar-refractivity contribution in [1.82, 2.24) is 4.90 Å². The van der Waals surface area contributed by atoms with Gasteiger partial charge in [0.15, 0.2) is 0 Å². The fourth-order valence-electron chi connectivity index (χ4n) is 1.66. The van der Waals surface area contributed by atoms with Crippen LogP contribution in [0.3, 0.4) is 0 Å². The van der Waals surface area contributed by atoms with Gasteiger partial charge in [0.05, 0.1) is 10.9 Å². The van der Waals surface area contributed by atoms with E-state index in [2.05, 4.69) is 15.9 Å². The third kappa shape index (κ3) is 3.72. The third-order valence-corrected chi connectivity index (χ3v) is 4.76. The van der Waals surface area contributed by atoms with Gasteiger partial charge in [-0.05, 0) is 30.5 Å². The molecule has 18 heavy (non-hydrogen) atoms. The Kier molecular flexibility index (Phi) is 5.67. The SMILES string of the molecule is CC(C)C(Br)C(=O)N(C)C(C)c1cccc(Cl)c1. The summed E-state index contributed by atoms with van der Waals surface area (Å²) in [6, 6.07) is 7.63. The zero-order valence-electron chi connectivity index (χ0n) is 11.2. The highest BCUT2D eigenvalue weighted by atomic mass is 79.9. The minimum Gasteiger partial charge on any atom is -0.338 e. The Morgan fingerprint density at radius 1 is 1.33 bits per heavy atom. The number of hydrogen-bond donors (Lipinski definition) is 0. The van der Waals surface area contributed by atoms with Crippen molar-refractivity contribution < 1.29 is 4.79 Å². The second kappa shape index (κ2) is 6.58. The van der Waals surface area contributed by atoms with Crippen molar-refractivity contribution in [2.45, 2.75) is 31.6 Å². The van der Waals surface area contributed by atoms with E-state index in [0.717, 1.165) is 5.56 Å². The predicted octanol–water partition coefficient (Wildman–Crippen LogP) is 4.28. The van der Waals surface area contributed by atoms with E-state index < -0.39 is 0 Å². The van der Waals surface area contributed by atoms with E-state index in [4.69, 9.17) is 11.6 Å². The molecule has 100 valence electrons. The van der Waals surface area contributed by atoms with Crippen molar-refractivity contribution in [1.29, 1.82) is 0 Å². The summed E-state index contributed by atoms with van der Waals surface area (Å²) in [6.07, 6.45) is 0. The molecule has 0 N–H and O–H groups in total. The second-order valence-corrected chi connectivity index (χ2v) is 6.25. The Bertz CT molecular complexity index is 422. The van der Waals surface area contributed by atoms with Gasteiger partial charge in [0.25, 0.3) is 0 Å². The number of benzene rings is 1. The van der Waals surface area contributed by atoms with Crippen LogP contribution in [-0.2, 0) is 4.79 Å². The first-order chi connectivity index (χ1) is 8.34. The van der Waals surface area contributed by atoms with Crippen LogP contribution >= 0.6 is 27.5 Å². The average Bonchev–Trinajstić information content (AvgIpc) is 2.35. The number of halogens is 2. The molecule has 1 aromatic carbocycles. The standard InChI is InChI=1S/C14H19BrClNO/c1-9(2)13(15)14(18)17(4)10(3)11-6-5-7-12(16)8-11/h5-10,13H,1-4H3. The monoisotopic (exact) mass is 331 g/mol.